The van der Waals surface area contributed by atoms with E-state index in [2.05, 4.69) is 10.5 Å². The average molecular weight is 374 g/mol. The molecule has 144 valence electrons. The lowest BCUT2D eigenvalue weighted by Gasteiger charge is -2.31. The fraction of sp³-hybridized carbons (Fsp3) is 0.333. The summed E-state index contributed by atoms with van der Waals surface area (Å²) in [5.74, 6) is 0.294. The van der Waals surface area contributed by atoms with E-state index in [-0.39, 0.29) is 23.9 Å². The zero-order valence-electron chi connectivity index (χ0n) is 15.3. The summed E-state index contributed by atoms with van der Waals surface area (Å²) in [6, 6.07) is 4.83. The fourth-order valence-corrected chi connectivity index (χ4v) is 2.72. The van der Waals surface area contributed by atoms with Crippen LogP contribution in [0.1, 0.15) is 27.0 Å². The van der Waals surface area contributed by atoms with Gasteiger partial charge in [0.05, 0.1) is 11.7 Å². The van der Waals surface area contributed by atoms with Crippen LogP contribution in [0, 0.1) is 0 Å². The Labute approximate surface area is 155 Å². The lowest BCUT2D eigenvalue weighted by molar-refractivity contribution is -0.109. The van der Waals surface area contributed by atoms with Gasteiger partial charge in [-0.15, -0.1) is 0 Å². The number of aromatic hydroxyl groups is 2. The minimum atomic E-state index is -0.619. The van der Waals surface area contributed by atoms with Gasteiger partial charge in [0.2, 0.25) is 12.3 Å². The molecule has 1 amide bonds. The van der Waals surface area contributed by atoms with Crippen molar-refractivity contribution < 1.29 is 24.3 Å². The molecular formula is C18H22N4O5. The van der Waals surface area contributed by atoms with Crippen molar-refractivity contribution >= 4 is 23.3 Å². The molecule has 3 N–H and O–H groups in total. The van der Waals surface area contributed by atoms with Crippen molar-refractivity contribution in [3.8, 4) is 11.5 Å². The molecule has 3 heterocycles. The molecule has 0 aliphatic heterocycles. The molecule has 0 saturated heterocycles. The first kappa shape index (κ1) is 18.7. The fourth-order valence-electron chi connectivity index (χ4n) is 2.72. The third kappa shape index (κ3) is 4.21. The van der Waals surface area contributed by atoms with Gasteiger partial charge in [0.1, 0.15) is 17.7 Å². The Hall–Kier alpha value is -3.04. The first-order valence-electron chi connectivity index (χ1n) is 8.37. The van der Waals surface area contributed by atoms with Crippen LogP contribution in [-0.2, 0) is 9.63 Å². The molecule has 9 nitrogen and oxygen atoms in total. The Bertz CT molecular complexity index is 933. The zero-order chi connectivity index (χ0) is 19.6. The van der Waals surface area contributed by atoms with E-state index in [1.807, 2.05) is 37.6 Å². The molecule has 9 heteroatoms. The molecule has 0 aliphatic rings. The van der Waals surface area contributed by atoms with Crippen LogP contribution in [0.5, 0.6) is 11.5 Å². The van der Waals surface area contributed by atoms with Gasteiger partial charge in [0.25, 0.3) is 0 Å². The van der Waals surface area contributed by atoms with Crippen molar-refractivity contribution in [2.75, 3.05) is 11.4 Å². The molecular weight excluding hydrogens is 352 g/mol. The van der Waals surface area contributed by atoms with Gasteiger partial charge in [-0.25, -0.2) is 4.98 Å². The number of nitrogens with one attached hydrogen (secondary N) is 1. The minimum Gasteiger partial charge on any atom is -0.506 e. The van der Waals surface area contributed by atoms with Crippen LogP contribution in [0.2, 0.25) is 0 Å². The minimum absolute atomic E-state index is 0.0505. The van der Waals surface area contributed by atoms with Crippen molar-refractivity contribution in [2.45, 2.75) is 32.5 Å². The zero-order valence-corrected chi connectivity index (χ0v) is 15.3. The smallest absolute Gasteiger partial charge is 0.216 e. The van der Waals surface area contributed by atoms with Crippen LogP contribution in [0.15, 0.2) is 41.3 Å². The lowest BCUT2D eigenvalue weighted by Crippen LogP contribution is -2.49. The Morgan fingerprint density at radius 3 is 2.85 bits per heavy atom. The molecule has 1 atom stereocenters. The van der Waals surface area contributed by atoms with Gasteiger partial charge in [-0.1, -0.05) is 0 Å². The van der Waals surface area contributed by atoms with Gasteiger partial charge in [-0.05, 0) is 32.9 Å². The quantitative estimate of drug-likeness (QED) is 0.410. The maximum Gasteiger partial charge on any atom is 0.216 e. The van der Waals surface area contributed by atoms with Crippen LogP contribution in [0.4, 0.5) is 5.88 Å². The Morgan fingerprint density at radius 1 is 1.41 bits per heavy atom. The van der Waals surface area contributed by atoms with E-state index in [1.165, 1.54) is 17.2 Å². The van der Waals surface area contributed by atoms with Crippen molar-refractivity contribution in [2.24, 2.45) is 0 Å². The predicted molar refractivity (Wildman–Crippen MR) is 98.2 cm³/mol. The van der Waals surface area contributed by atoms with Crippen LogP contribution in [0.25, 0.3) is 11.0 Å². The number of aromatic nitrogens is 2. The van der Waals surface area contributed by atoms with Crippen molar-refractivity contribution in [3.63, 3.8) is 0 Å². The molecule has 27 heavy (non-hydrogen) atoms. The van der Waals surface area contributed by atoms with Crippen molar-refractivity contribution in [3.05, 3.63) is 36.9 Å². The summed E-state index contributed by atoms with van der Waals surface area (Å²) < 4.78 is 6.97. The number of rotatable bonds is 8. The number of carbonyl (C=O) groups excluding carboxylic acids is 1. The second-order valence-electron chi connectivity index (χ2n) is 6.91. The van der Waals surface area contributed by atoms with Gasteiger partial charge in [0.15, 0.2) is 12.0 Å². The monoisotopic (exact) mass is 374 g/mol. The summed E-state index contributed by atoms with van der Waals surface area (Å²) in [5, 5.41) is 19.7. The largest absolute Gasteiger partial charge is 0.506 e. The normalized spacial score (nSPS) is 13.0. The summed E-state index contributed by atoms with van der Waals surface area (Å²) in [6.45, 7) is 5.82. The molecule has 0 bridgehead atoms. The van der Waals surface area contributed by atoms with Crippen molar-refractivity contribution in [1.29, 1.82) is 0 Å². The number of amides is 1. The maximum atomic E-state index is 11.4. The number of nitrogens with zero attached hydrogens (tertiary/aromatic N) is 3. The van der Waals surface area contributed by atoms with E-state index < -0.39 is 11.8 Å². The van der Waals surface area contributed by atoms with E-state index in [9.17, 15) is 15.0 Å². The van der Waals surface area contributed by atoms with Gasteiger partial charge in [-0.2, -0.15) is 5.48 Å². The molecule has 0 fully saturated rings. The maximum absolute atomic E-state index is 11.4. The molecule has 0 spiro atoms. The summed E-state index contributed by atoms with van der Waals surface area (Å²) in [5.41, 5.74) is 3.02. The molecule has 3 aromatic heterocycles. The third-order valence-electron chi connectivity index (χ3n) is 3.99. The average Bonchev–Trinajstić information content (AvgIpc) is 3.23. The van der Waals surface area contributed by atoms with E-state index >= 15 is 0 Å². The molecule has 0 saturated carbocycles. The molecule has 0 aromatic carbocycles. The van der Waals surface area contributed by atoms with Gasteiger partial charge >= 0.3 is 0 Å². The second-order valence-corrected chi connectivity index (χ2v) is 6.91. The van der Waals surface area contributed by atoms with Gasteiger partial charge in [-0.3, -0.25) is 14.5 Å². The Balaban J connectivity index is 1.65. The topological polar surface area (TPSA) is 113 Å². The first-order chi connectivity index (χ1) is 12.8. The summed E-state index contributed by atoms with van der Waals surface area (Å²) in [6.07, 6.45) is 4.59. The standard InChI is InChI=1S/C18H22N4O5/c1-12(22-5-4-13-6-14(24)8-19-17(13)22)27-20-18(2,3)10-21(11-23)16-7-15(25)9-26-16/h4-9,11-12,20,24-25H,10H2,1-3H3. The van der Waals surface area contributed by atoms with Crippen molar-refractivity contribution in [1.82, 2.24) is 15.0 Å². The van der Waals surface area contributed by atoms with Crippen LogP contribution in [0.3, 0.4) is 0 Å². The van der Waals surface area contributed by atoms with Crippen LogP contribution < -0.4 is 10.4 Å². The predicted octanol–water partition coefficient (Wildman–Crippen LogP) is 2.52. The molecule has 1 unspecified atom stereocenters. The first-order valence-corrected chi connectivity index (χ1v) is 8.37. The molecule has 0 aliphatic carbocycles. The van der Waals surface area contributed by atoms with E-state index in [4.69, 9.17) is 9.25 Å². The second kappa shape index (κ2) is 7.29. The highest BCUT2D eigenvalue weighted by atomic mass is 16.7. The van der Waals surface area contributed by atoms with Gasteiger partial charge < -0.3 is 19.2 Å². The van der Waals surface area contributed by atoms with E-state index in [0.717, 1.165) is 11.6 Å². The Kier molecular flexibility index (Phi) is 5.06. The molecule has 3 rings (SSSR count). The number of fused-ring (bicyclic) bond motifs is 1. The molecule has 0 radical (unpaired) electrons. The number of hydrogen-bond acceptors (Lipinski definition) is 7. The van der Waals surface area contributed by atoms with E-state index in [0.29, 0.717) is 12.1 Å². The summed E-state index contributed by atoms with van der Waals surface area (Å²) >= 11 is 0. The SMILES string of the molecule is CC(ONC(C)(C)CN(C=O)c1cc(O)co1)n1ccc2cc(O)cnc21. The highest BCUT2D eigenvalue weighted by Gasteiger charge is 2.25. The number of carbonyl (C=O) groups is 1. The summed E-state index contributed by atoms with van der Waals surface area (Å²) in [7, 11) is 0. The number of hydroxylamine groups is 1. The molecule has 3 aromatic rings. The Morgan fingerprint density at radius 2 is 2.19 bits per heavy atom. The lowest BCUT2D eigenvalue weighted by atomic mass is 10.1. The van der Waals surface area contributed by atoms with E-state index in [1.54, 1.807) is 6.07 Å². The summed E-state index contributed by atoms with van der Waals surface area (Å²) in [4.78, 5) is 22.7. The number of pyridine rings is 1. The van der Waals surface area contributed by atoms with Crippen LogP contribution in [-0.4, -0.2) is 38.3 Å². The highest BCUT2D eigenvalue weighted by Crippen LogP contribution is 2.24. The number of anilines is 1. The number of furan rings is 1. The highest BCUT2D eigenvalue weighted by molar-refractivity contribution is 5.77. The number of hydrogen-bond donors (Lipinski definition) is 3. The van der Waals surface area contributed by atoms with Gasteiger partial charge in [0, 0.05) is 24.2 Å². The third-order valence-corrected chi connectivity index (χ3v) is 3.99. The van der Waals surface area contributed by atoms with Crippen LogP contribution >= 0.6 is 0 Å².